The Balaban J connectivity index is 1.52. The third-order valence-corrected chi connectivity index (χ3v) is 7.64. The van der Waals surface area contributed by atoms with Crippen molar-refractivity contribution in [2.45, 2.75) is 31.7 Å². The second-order valence-electron chi connectivity index (χ2n) is 7.35. The van der Waals surface area contributed by atoms with Gasteiger partial charge in [-0.05, 0) is 24.3 Å². The van der Waals surface area contributed by atoms with Crippen molar-refractivity contribution in [2.24, 2.45) is 0 Å². The van der Waals surface area contributed by atoms with Gasteiger partial charge in [-0.15, -0.1) is 0 Å². The molecule has 1 aromatic heterocycles. The minimum Gasteiger partial charge on any atom is -0.358 e. The normalized spacial score (nSPS) is 14.2. The number of urea groups is 1. The number of amides is 2. The zero-order valence-corrected chi connectivity index (χ0v) is 18.0. The molecule has 2 heterocycles. The number of carbonyl (C=O) groups excluding carboxylic acids is 1. The molecule has 3 aromatic rings. The lowest BCUT2D eigenvalue weighted by Crippen LogP contribution is -2.38. The number of carbonyl (C=O) groups is 1. The van der Waals surface area contributed by atoms with Crippen LogP contribution in [0, 0.1) is 0 Å². The van der Waals surface area contributed by atoms with Crippen molar-refractivity contribution < 1.29 is 13.2 Å². The number of rotatable bonds is 5. The molecule has 0 bridgehead atoms. The highest BCUT2D eigenvalue weighted by Gasteiger charge is 2.25. The predicted molar refractivity (Wildman–Crippen MR) is 118 cm³/mol. The van der Waals surface area contributed by atoms with Crippen LogP contribution in [-0.4, -0.2) is 48.3 Å². The molecule has 0 saturated carbocycles. The number of benzene rings is 2. The lowest BCUT2D eigenvalue weighted by atomic mass is 10.0. The van der Waals surface area contributed by atoms with Gasteiger partial charge in [-0.25, -0.2) is 13.2 Å². The van der Waals surface area contributed by atoms with Gasteiger partial charge in [-0.2, -0.15) is 4.31 Å². The largest absolute Gasteiger partial charge is 0.358 e. The van der Waals surface area contributed by atoms with E-state index in [1.165, 1.54) is 16.1 Å². The van der Waals surface area contributed by atoms with E-state index >= 15 is 0 Å². The summed E-state index contributed by atoms with van der Waals surface area (Å²) in [6.07, 6.45) is 0.758. The molecule has 4 rings (SSSR count). The van der Waals surface area contributed by atoms with Crippen LogP contribution in [0.1, 0.15) is 25.1 Å². The van der Waals surface area contributed by atoms with Crippen LogP contribution in [0.15, 0.2) is 53.4 Å². The Morgan fingerprint density at radius 1 is 1.13 bits per heavy atom. The second kappa shape index (κ2) is 8.12. The summed E-state index contributed by atoms with van der Waals surface area (Å²) in [7, 11) is -3.58. The number of hydrogen-bond acceptors (Lipinski definition) is 3. The van der Waals surface area contributed by atoms with Gasteiger partial charge in [-0.1, -0.05) is 38.1 Å². The molecule has 30 heavy (non-hydrogen) atoms. The van der Waals surface area contributed by atoms with Crippen LogP contribution in [0.3, 0.4) is 0 Å². The minimum atomic E-state index is -3.58. The predicted octanol–water partition coefficient (Wildman–Crippen LogP) is 3.79. The fourth-order valence-electron chi connectivity index (χ4n) is 3.99. The molecular formula is C22H26N4O3S. The molecule has 8 heteroatoms. The number of aromatic amines is 1. The van der Waals surface area contributed by atoms with E-state index in [1.807, 2.05) is 32.0 Å². The molecule has 0 atom stereocenters. The zero-order chi connectivity index (χ0) is 21.3. The van der Waals surface area contributed by atoms with E-state index in [4.69, 9.17) is 0 Å². The van der Waals surface area contributed by atoms with Crippen molar-refractivity contribution in [1.82, 2.24) is 14.2 Å². The maximum Gasteiger partial charge on any atom is 0.322 e. The average molecular weight is 427 g/mol. The van der Waals surface area contributed by atoms with Crippen molar-refractivity contribution in [3.63, 3.8) is 0 Å². The lowest BCUT2D eigenvalue weighted by molar-refractivity contribution is 0.206. The number of sulfonamides is 1. The van der Waals surface area contributed by atoms with E-state index in [0.29, 0.717) is 31.9 Å². The number of fused-ring (bicyclic) bond motifs is 3. The molecule has 158 valence electrons. The maximum atomic E-state index is 12.9. The van der Waals surface area contributed by atoms with E-state index in [0.717, 1.165) is 22.9 Å². The third kappa shape index (κ3) is 3.68. The van der Waals surface area contributed by atoms with Crippen molar-refractivity contribution >= 4 is 32.6 Å². The molecule has 0 aliphatic carbocycles. The molecule has 0 radical (unpaired) electrons. The van der Waals surface area contributed by atoms with Crippen LogP contribution in [0.25, 0.3) is 10.9 Å². The van der Waals surface area contributed by atoms with Gasteiger partial charge in [0, 0.05) is 60.4 Å². The van der Waals surface area contributed by atoms with Gasteiger partial charge in [0.15, 0.2) is 0 Å². The zero-order valence-electron chi connectivity index (χ0n) is 17.2. The van der Waals surface area contributed by atoms with Gasteiger partial charge >= 0.3 is 6.03 Å². The number of nitrogens with zero attached hydrogens (tertiary/aromatic N) is 2. The van der Waals surface area contributed by atoms with Crippen molar-refractivity contribution in [3.8, 4) is 0 Å². The van der Waals surface area contributed by atoms with Crippen LogP contribution >= 0.6 is 0 Å². The maximum absolute atomic E-state index is 12.9. The molecule has 1 aliphatic rings. The summed E-state index contributed by atoms with van der Waals surface area (Å²) in [5.41, 5.74) is 3.87. The van der Waals surface area contributed by atoms with Crippen molar-refractivity contribution in [1.29, 1.82) is 0 Å². The van der Waals surface area contributed by atoms with Gasteiger partial charge in [0.1, 0.15) is 0 Å². The highest BCUT2D eigenvalue weighted by atomic mass is 32.2. The first-order valence-corrected chi connectivity index (χ1v) is 11.6. The van der Waals surface area contributed by atoms with E-state index in [1.54, 1.807) is 23.1 Å². The number of para-hydroxylation sites is 1. The fourth-order valence-corrected chi connectivity index (χ4v) is 5.49. The van der Waals surface area contributed by atoms with E-state index in [-0.39, 0.29) is 10.9 Å². The summed E-state index contributed by atoms with van der Waals surface area (Å²) in [5, 5.41) is 4.00. The number of hydrogen-bond donors (Lipinski definition) is 2. The fraction of sp³-hybridized carbons (Fsp3) is 0.318. The second-order valence-corrected chi connectivity index (χ2v) is 9.28. The Morgan fingerprint density at radius 3 is 2.67 bits per heavy atom. The highest BCUT2D eigenvalue weighted by Crippen LogP contribution is 2.28. The number of nitrogens with one attached hydrogen (secondary N) is 2. The quantitative estimate of drug-likeness (QED) is 0.651. The topological polar surface area (TPSA) is 85.5 Å². The summed E-state index contributed by atoms with van der Waals surface area (Å²) < 4.78 is 26.9. The third-order valence-electron chi connectivity index (χ3n) is 5.60. The SMILES string of the molecule is CCN(CC)S(=O)(=O)c1cccc(NC(=O)N2CCc3[nH]c4ccccc4c3C2)c1. The summed E-state index contributed by atoms with van der Waals surface area (Å²) in [5.74, 6) is 0. The Kier molecular flexibility index (Phi) is 5.53. The molecule has 2 amide bonds. The lowest BCUT2D eigenvalue weighted by Gasteiger charge is -2.27. The van der Waals surface area contributed by atoms with E-state index in [9.17, 15) is 13.2 Å². The highest BCUT2D eigenvalue weighted by molar-refractivity contribution is 7.89. The van der Waals surface area contributed by atoms with Gasteiger partial charge in [0.25, 0.3) is 0 Å². The first kappa shape index (κ1) is 20.4. The number of aromatic nitrogens is 1. The van der Waals surface area contributed by atoms with Gasteiger partial charge in [0.2, 0.25) is 10.0 Å². The van der Waals surface area contributed by atoms with Gasteiger partial charge in [0.05, 0.1) is 4.90 Å². The van der Waals surface area contributed by atoms with Crippen molar-refractivity contribution in [3.05, 3.63) is 59.8 Å². The number of anilines is 1. The van der Waals surface area contributed by atoms with E-state index in [2.05, 4.69) is 16.4 Å². The van der Waals surface area contributed by atoms with Crippen LogP contribution in [-0.2, 0) is 23.0 Å². The standard InChI is InChI=1S/C22H26N4O3S/c1-3-26(4-2)30(28,29)17-9-7-8-16(14-17)23-22(27)25-13-12-21-19(15-25)18-10-5-6-11-20(18)24-21/h5-11,14,24H,3-4,12-13,15H2,1-2H3,(H,23,27). The summed E-state index contributed by atoms with van der Waals surface area (Å²) >= 11 is 0. The molecule has 7 nitrogen and oxygen atoms in total. The molecule has 2 aromatic carbocycles. The average Bonchev–Trinajstić information content (AvgIpc) is 3.12. The molecule has 0 unspecified atom stereocenters. The number of H-pyrrole nitrogens is 1. The van der Waals surface area contributed by atoms with Crippen LogP contribution < -0.4 is 5.32 Å². The Hall–Kier alpha value is -2.84. The van der Waals surface area contributed by atoms with Crippen LogP contribution in [0.4, 0.5) is 10.5 Å². The van der Waals surface area contributed by atoms with E-state index < -0.39 is 10.0 Å². The summed E-state index contributed by atoms with van der Waals surface area (Å²) in [6.45, 7) is 5.53. The first-order chi connectivity index (χ1) is 14.4. The summed E-state index contributed by atoms with van der Waals surface area (Å²) in [4.78, 5) is 18.3. The Morgan fingerprint density at radius 2 is 1.90 bits per heavy atom. The molecule has 0 saturated heterocycles. The molecule has 0 fully saturated rings. The Bertz CT molecular complexity index is 1180. The minimum absolute atomic E-state index is 0.182. The monoisotopic (exact) mass is 426 g/mol. The van der Waals surface area contributed by atoms with Gasteiger partial charge in [-0.3, -0.25) is 0 Å². The summed E-state index contributed by atoms with van der Waals surface area (Å²) in [6, 6.07) is 14.3. The molecule has 0 spiro atoms. The van der Waals surface area contributed by atoms with Crippen molar-refractivity contribution in [2.75, 3.05) is 25.0 Å². The van der Waals surface area contributed by atoms with Crippen LogP contribution in [0.5, 0.6) is 0 Å². The molecule has 2 N–H and O–H groups in total. The van der Waals surface area contributed by atoms with Gasteiger partial charge < -0.3 is 15.2 Å². The van der Waals surface area contributed by atoms with Crippen LogP contribution in [0.2, 0.25) is 0 Å². The smallest absolute Gasteiger partial charge is 0.322 e. The first-order valence-electron chi connectivity index (χ1n) is 10.2. The molecular weight excluding hydrogens is 400 g/mol. The molecule has 1 aliphatic heterocycles. The Labute approximate surface area is 176 Å².